The van der Waals surface area contributed by atoms with E-state index in [1.807, 2.05) is 48.5 Å². The molecule has 0 atom stereocenters. The average Bonchev–Trinajstić information content (AvgIpc) is 2.85. The Bertz CT molecular complexity index is 1450. The second kappa shape index (κ2) is 8.34. The highest BCUT2D eigenvalue weighted by molar-refractivity contribution is 5.98. The molecular weight excluding hydrogens is 462 g/mol. The van der Waals surface area contributed by atoms with Crippen LogP contribution in [0.4, 0.5) is 14.6 Å². The predicted molar refractivity (Wildman–Crippen MR) is 134 cm³/mol. The highest BCUT2D eigenvalue weighted by Gasteiger charge is 2.45. The first kappa shape index (κ1) is 22.5. The van der Waals surface area contributed by atoms with Crippen molar-refractivity contribution in [3.8, 4) is 22.4 Å². The van der Waals surface area contributed by atoms with E-state index in [-0.39, 0.29) is 13.1 Å². The molecule has 0 spiro atoms. The van der Waals surface area contributed by atoms with E-state index in [0.29, 0.717) is 40.8 Å². The van der Waals surface area contributed by atoms with Gasteiger partial charge >= 0.3 is 5.97 Å². The summed E-state index contributed by atoms with van der Waals surface area (Å²) in [5.41, 5.74) is 9.58. The number of hydrogen-bond donors (Lipinski definition) is 1. The van der Waals surface area contributed by atoms with Crippen LogP contribution in [0.25, 0.3) is 33.3 Å². The van der Waals surface area contributed by atoms with Crippen LogP contribution in [0.5, 0.6) is 0 Å². The van der Waals surface area contributed by atoms with E-state index in [4.69, 9.17) is 15.5 Å². The molecule has 1 aliphatic heterocycles. The molecule has 0 bridgehead atoms. The first-order chi connectivity index (χ1) is 17.3. The van der Waals surface area contributed by atoms with Gasteiger partial charge in [0.05, 0.1) is 29.9 Å². The number of carbonyl (C=O) groups is 1. The summed E-state index contributed by atoms with van der Waals surface area (Å²) in [6.07, 6.45) is 3.89. The molecule has 6 rings (SSSR count). The summed E-state index contributed by atoms with van der Waals surface area (Å²) in [7, 11) is 0. The zero-order chi connectivity index (χ0) is 24.9. The normalized spacial score (nSPS) is 17.8. The van der Waals surface area contributed by atoms with E-state index in [1.165, 1.54) is 0 Å². The molecule has 8 heteroatoms. The topological polar surface area (TPSA) is 81.3 Å². The minimum Gasteiger partial charge on any atom is -0.441 e. The van der Waals surface area contributed by atoms with Crippen molar-refractivity contribution in [1.82, 2.24) is 9.97 Å². The number of aromatic nitrogens is 2. The number of anilines is 1. The van der Waals surface area contributed by atoms with Crippen molar-refractivity contribution in [2.75, 3.05) is 18.0 Å². The zero-order valence-corrected chi connectivity index (χ0v) is 19.5. The van der Waals surface area contributed by atoms with Gasteiger partial charge in [0.15, 0.2) is 5.72 Å². The Morgan fingerprint density at radius 1 is 0.972 bits per heavy atom. The van der Waals surface area contributed by atoms with Crippen molar-refractivity contribution < 1.29 is 18.3 Å². The summed E-state index contributed by atoms with van der Waals surface area (Å²) in [6.45, 7) is -0.716. The van der Waals surface area contributed by atoms with Gasteiger partial charge in [0, 0.05) is 35.6 Å². The Morgan fingerprint density at radius 2 is 1.69 bits per heavy atom. The highest BCUT2D eigenvalue weighted by Crippen LogP contribution is 2.39. The predicted octanol–water partition coefficient (Wildman–Crippen LogP) is 5.41. The Balaban J connectivity index is 1.41. The van der Waals surface area contributed by atoms with Crippen LogP contribution in [0.15, 0.2) is 72.9 Å². The molecule has 6 nitrogen and oxygen atoms in total. The number of esters is 1. The molecule has 3 heterocycles. The number of benzene rings is 2. The average molecular weight is 487 g/mol. The maximum atomic E-state index is 13.6. The molecule has 2 aromatic heterocycles. The van der Waals surface area contributed by atoms with E-state index >= 15 is 0 Å². The number of rotatable bonds is 5. The summed E-state index contributed by atoms with van der Waals surface area (Å²) in [6, 6.07) is 20.6. The zero-order valence-electron chi connectivity index (χ0n) is 19.5. The fraction of sp³-hybridized carbons (Fsp3) is 0.250. The van der Waals surface area contributed by atoms with Gasteiger partial charge in [-0.25, -0.2) is 23.5 Å². The molecule has 2 aromatic carbocycles. The summed E-state index contributed by atoms with van der Waals surface area (Å²) in [5.74, 6) is -2.65. The quantitative estimate of drug-likeness (QED) is 0.300. The van der Waals surface area contributed by atoms with Crippen molar-refractivity contribution in [1.29, 1.82) is 0 Å². The van der Waals surface area contributed by atoms with Gasteiger partial charge in [-0.3, -0.25) is 5.73 Å². The molecule has 1 saturated carbocycles. The second-order valence-electron chi connectivity index (χ2n) is 9.55. The third-order valence-electron chi connectivity index (χ3n) is 6.84. The minimum absolute atomic E-state index is 0.358. The maximum absolute atomic E-state index is 13.6. The molecule has 4 aromatic rings. The Labute approximate surface area is 206 Å². The van der Waals surface area contributed by atoms with Gasteiger partial charge in [0.2, 0.25) is 0 Å². The minimum atomic E-state index is -2.70. The molecule has 0 amide bonds. The number of hydrogen-bond acceptors (Lipinski definition) is 6. The van der Waals surface area contributed by atoms with Crippen LogP contribution in [-0.4, -0.2) is 40.7 Å². The Hall–Kier alpha value is -3.91. The molecule has 182 valence electrons. The molecule has 36 heavy (non-hydrogen) atoms. The number of ether oxygens (including phenoxy) is 1. The SMILES string of the molecule is NC1(OC(=O)c2ccc(-c3nc4ccnc(N5CC(F)(F)C5)c4cc3-c3ccccc3)cc2)CCC1. The van der Waals surface area contributed by atoms with Crippen molar-refractivity contribution in [3.63, 3.8) is 0 Å². The van der Waals surface area contributed by atoms with E-state index in [2.05, 4.69) is 4.98 Å². The van der Waals surface area contributed by atoms with Crippen LogP contribution in [-0.2, 0) is 4.74 Å². The number of carbonyl (C=O) groups excluding carboxylic acids is 1. The third kappa shape index (κ3) is 4.07. The lowest BCUT2D eigenvalue weighted by Gasteiger charge is -2.40. The lowest BCUT2D eigenvalue weighted by atomic mass is 9.89. The van der Waals surface area contributed by atoms with Crippen LogP contribution >= 0.6 is 0 Å². The van der Waals surface area contributed by atoms with Crippen molar-refractivity contribution >= 4 is 22.7 Å². The Morgan fingerprint density at radius 3 is 2.33 bits per heavy atom. The largest absolute Gasteiger partial charge is 0.441 e. The van der Waals surface area contributed by atoms with Crippen molar-refractivity contribution in [3.05, 3.63) is 78.5 Å². The van der Waals surface area contributed by atoms with Gasteiger partial charge < -0.3 is 9.64 Å². The van der Waals surface area contributed by atoms with Crippen molar-refractivity contribution in [2.24, 2.45) is 5.73 Å². The number of pyridine rings is 2. The van der Waals surface area contributed by atoms with Gasteiger partial charge in [-0.2, -0.15) is 0 Å². The first-order valence-electron chi connectivity index (χ1n) is 11.9. The summed E-state index contributed by atoms with van der Waals surface area (Å²) >= 11 is 0. The van der Waals surface area contributed by atoms with Gasteiger partial charge in [0.1, 0.15) is 5.82 Å². The number of alkyl halides is 2. The van der Waals surface area contributed by atoms with E-state index < -0.39 is 17.6 Å². The number of nitrogens with two attached hydrogens (primary N) is 1. The molecule has 2 aliphatic rings. The fourth-order valence-electron chi connectivity index (χ4n) is 4.69. The highest BCUT2D eigenvalue weighted by atomic mass is 19.3. The van der Waals surface area contributed by atoms with Gasteiger partial charge in [-0.15, -0.1) is 0 Å². The fourth-order valence-corrected chi connectivity index (χ4v) is 4.69. The van der Waals surface area contributed by atoms with Gasteiger partial charge in [0.25, 0.3) is 5.92 Å². The molecule has 0 radical (unpaired) electrons. The summed E-state index contributed by atoms with van der Waals surface area (Å²) < 4.78 is 32.6. The third-order valence-corrected chi connectivity index (χ3v) is 6.84. The van der Waals surface area contributed by atoms with Crippen molar-refractivity contribution in [2.45, 2.75) is 30.9 Å². The molecule has 1 saturated heterocycles. The molecular formula is C28H24F2N4O2. The van der Waals surface area contributed by atoms with E-state index in [0.717, 1.165) is 23.1 Å². The first-order valence-corrected chi connectivity index (χ1v) is 11.9. The van der Waals surface area contributed by atoms with E-state index in [9.17, 15) is 13.6 Å². The second-order valence-corrected chi connectivity index (χ2v) is 9.55. The van der Waals surface area contributed by atoms with E-state index in [1.54, 1.807) is 29.3 Å². The lowest BCUT2D eigenvalue weighted by Crippen LogP contribution is -2.56. The van der Waals surface area contributed by atoms with Crippen LogP contribution in [0, 0.1) is 0 Å². The molecule has 1 aliphatic carbocycles. The lowest BCUT2D eigenvalue weighted by molar-refractivity contribution is -0.0580. The van der Waals surface area contributed by atoms with Gasteiger partial charge in [-0.1, -0.05) is 42.5 Å². The molecule has 2 fully saturated rings. The summed E-state index contributed by atoms with van der Waals surface area (Å²) in [5, 5.41) is 0.713. The number of nitrogens with zero attached hydrogens (tertiary/aromatic N) is 3. The molecule has 0 unspecified atom stereocenters. The number of halogens is 2. The van der Waals surface area contributed by atoms with Crippen LogP contribution in [0.1, 0.15) is 29.6 Å². The Kier molecular flexibility index (Phi) is 5.22. The van der Waals surface area contributed by atoms with Crippen LogP contribution < -0.4 is 10.6 Å². The number of fused-ring (bicyclic) bond motifs is 1. The van der Waals surface area contributed by atoms with Crippen LogP contribution in [0.3, 0.4) is 0 Å². The van der Waals surface area contributed by atoms with Crippen LogP contribution in [0.2, 0.25) is 0 Å². The monoisotopic (exact) mass is 486 g/mol. The smallest absolute Gasteiger partial charge is 0.339 e. The molecule has 2 N–H and O–H groups in total. The summed E-state index contributed by atoms with van der Waals surface area (Å²) in [4.78, 5) is 23.5. The maximum Gasteiger partial charge on any atom is 0.339 e. The van der Waals surface area contributed by atoms with Gasteiger partial charge in [-0.05, 0) is 36.2 Å². The standard InChI is InChI=1S/C28H24F2N4O2/c29-27(30)16-34(17-27)25-22-15-21(18-5-2-1-3-6-18)24(33-23(22)11-14-32-25)19-7-9-20(10-8-19)26(35)36-28(31)12-4-13-28/h1-3,5-11,14-15H,4,12-13,16-17,31H2.